The quantitative estimate of drug-likeness (QED) is 0.701. The lowest BCUT2D eigenvalue weighted by Gasteiger charge is -2.04. The molecule has 1 aromatic rings. The lowest BCUT2D eigenvalue weighted by molar-refractivity contribution is 0.439. The van der Waals surface area contributed by atoms with Gasteiger partial charge in [0.25, 0.3) is 0 Å². The van der Waals surface area contributed by atoms with Gasteiger partial charge in [-0.1, -0.05) is 5.10 Å². The predicted molar refractivity (Wildman–Crippen MR) is 71.4 cm³/mol. The Kier molecular flexibility index (Phi) is 4.30. The summed E-state index contributed by atoms with van der Waals surface area (Å²) in [6, 6.07) is -0.307. The van der Waals surface area contributed by atoms with Gasteiger partial charge in [0.05, 0.1) is 17.5 Å². The van der Waals surface area contributed by atoms with Gasteiger partial charge in [0, 0.05) is 6.26 Å². The van der Waals surface area contributed by atoms with Crippen molar-refractivity contribution in [1.82, 2.24) is 15.5 Å². The SMILES string of the molecule is CS(=O)(=O)CCS(=O)(=O)Nc1nnc(C2CCCN2)o1. The summed E-state index contributed by atoms with van der Waals surface area (Å²) in [5, 5.41) is 10.5. The van der Waals surface area contributed by atoms with E-state index in [-0.39, 0.29) is 12.1 Å². The lowest BCUT2D eigenvalue weighted by Crippen LogP contribution is -2.22. The highest BCUT2D eigenvalue weighted by Crippen LogP contribution is 2.23. The Morgan fingerprint density at radius 3 is 2.65 bits per heavy atom. The summed E-state index contributed by atoms with van der Waals surface area (Å²) in [7, 11) is -7.18. The number of aromatic nitrogens is 2. The molecule has 0 amide bonds. The van der Waals surface area contributed by atoms with Crippen LogP contribution in [0.25, 0.3) is 0 Å². The fourth-order valence-electron chi connectivity index (χ4n) is 1.76. The van der Waals surface area contributed by atoms with Crippen LogP contribution >= 0.6 is 0 Å². The molecule has 1 atom stereocenters. The van der Waals surface area contributed by atoms with Gasteiger partial charge in [0.15, 0.2) is 0 Å². The van der Waals surface area contributed by atoms with E-state index < -0.39 is 31.4 Å². The number of rotatable bonds is 6. The number of sulfonamides is 1. The molecule has 0 aromatic carbocycles. The van der Waals surface area contributed by atoms with E-state index in [1.807, 2.05) is 0 Å². The zero-order valence-corrected chi connectivity index (χ0v) is 12.5. The minimum absolute atomic E-state index is 0.0585. The van der Waals surface area contributed by atoms with Crippen LogP contribution < -0.4 is 10.0 Å². The van der Waals surface area contributed by atoms with Crippen LogP contribution in [0.2, 0.25) is 0 Å². The second-order valence-corrected chi connectivity index (χ2v) is 8.75. The Bertz CT molecular complexity index is 660. The van der Waals surface area contributed by atoms with Crippen molar-refractivity contribution in [3.63, 3.8) is 0 Å². The predicted octanol–water partition coefficient (Wildman–Crippen LogP) is -0.720. The molecule has 2 N–H and O–H groups in total. The summed E-state index contributed by atoms with van der Waals surface area (Å²) in [5.74, 6) is -0.693. The van der Waals surface area contributed by atoms with E-state index in [1.54, 1.807) is 0 Å². The first kappa shape index (κ1) is 15.2. The fraction of sp³-hybridized carbons (Fsp3) is 0.778. The Morgan fingerprint density at radius 2 is 2.05 bits per heavy atom. The van der Waals surface area contributed by atoms with E-state index >= 15 is 0 Å². The Labute approximate surface area is 117 Å². The van der Waals surface area contributed by atoms with Gasteiger partial charge in [-0.2, -0.15) is 0 Å². The maximum Gasteiger partial charge on any atom is 0.329 e. The van der Waals surface area contributed by atoms with Gasteiger partial charge in [-0.15, -0.1) is 5.10 Å². The highest BCUT2D eigenvalue weighted by atomic mass is 32.2. The molecule has 11 heteroatoms. The van der Waals surface area contributed by atoms with Crippen molar-refractivity contribution >= 4 is 25.9 Å². The summed E-state index contributed by atoms with van der Waals surface area (Å²) in [5.41, 5.74) is 0. The molecule has 9 nitrogen and oxygen atoms in total. The number of anilines is 1. The number of sulfone groups is 1. The topological polar surface area (TPSA) is 131 Å². The Hall–Kier alpha value is -1.20. The van der Waals surface area contributed by atoms with Crippen LogP contribution in [0.5, 0.6) is 0 Å². The van der Waals surface area contributed by atoms with Gasteiger partial charge in [0.2, 0.25) is 15.9 Å². The molecule has 1 aromatic heterocycles. The number of hydrogen-bond donors (Lipinski definition) is 2. The average Bonchev–Trinajstić information content (AvgIpc) is 2.95. The van der Waals surface area contributed by atoms with E-state index in [4.69, 9.17) is 4.42 Å². The van der Waals surface area contributed by atoms with E-state index in [0.717, 1.165) is 25.6 Å². The standard InChI is InChI=1S/C9H16N4O5S2/c1-19(14,15)5-6-20(16,17)13-9-12-11-8(18-9)7-3-2-4-10-7/h7,10H,2-6H2,1H3,(H,12,13). The van der Waals surface area contributed by atoms with Crippen molar-refractivity contribution < 1.29 is 21.3 Å². The second kappa shape index (κ2) is 5.66. The molecule has 0 radical (unpaired) electrons. The van der Waals surface area contributed by atoms with Crippen molar-refractivity contribution in [2.75, 3.05) is 29.0 Å². The first-order valence-corrected chi connectivity index (χ1v) is 9.71. The zero-order chi connectivity index (χ0) is 14.8. The van der Waals surface area contributed by atoms with Crippen LogP contribution in [0.15, 0.2) is 4.42 Å². The third kappa shape index (κ3) is 4.42. The molecule has 2 rings (SSSR count). The summed E-state index contributed by atoms with van der Waals surface area (Å²) < 4.78 is 52.5. The minimum Gasteiger partial charge on any atom is -0.406 e. The molecule has 0 saturated carbocycles. The molecule has 0 aliphatic carbocycles. The summed E-state index contributed by atoms with van der Waals surface area (Å²) in [4.78, 5) is 0. The third-order valence-corrected chi connectivity index (χ3v) is 5.20. The van der Waals surface area contributed by atoms with Crippen LogP contribution in [0, 0.1) is 0 Å². The molecule has 0 bridgehead atoms. The molecule has 1 unspecified atom stereocenters. The zero-order valence-electron chi connectivity index (χ0n) is 10.9. The summed E-state index contributed by atoms with van der Waals surface area (Å²) in [6.45, 7) is 0.850. The molecule has 1 saturated heterocycles. The van der Waals surface area contributed by atoms with E-state index in [0.29, 0.717) is 5.89 Å². The van der Waals surface area contributed by atoms with Crippen LogP contribution in [0.3, 0.4) is 0 Å². The fourth-order valence-corrected chi connectivity index (χ4v) is 4.30. The number of hydrogen-bond acceptors (Lipinski definition) is 8. The third-order valence-electron chi connectivity index (χ3n) is 2.76. The average molecular weight is 324 g/mol. The van der Waals surface area contributed by atoms with Gasteiger partial charge in [-0.3, -0.25) is 0 Å². The minimum atomic E-state index is -3.82. The van der Waals surface area contributed by atoms with Gasteiger partial charge in [-0.25, -0.2) is 21.6 Å². The molecular weight excluding hydrogens is 308 g/mol. The normalized spacial score (nSPS) is 20.1. The Morgan fingerprint density at radius 1 is 1.30 bits per heavy atom. The Balaban J connectivity index is 1.98. The van der Waals surface area contributed by atoms with Crippen molar-refractivity contribution in [3.05, 3.63) is 5.89 Å². The molecule has 0 spiro atoms. The van der Waals surface area contributed by atoms with Crippen LogP contribution in [-0.2, 0) is 19.9 Å². The van der Waals surface area contributed by atoms with Gasteiger partial charge in [0.1, 0.15) is 9.84 Å². The van der Waals surface area contributed by atoms with Crippen molar-refractivity contribution in [3.8, 4) is 0 Å². The van der Waals surface area contributed by atoms with Gasteiger partial charge >= 0.3 is 6.01 Å². The highest BCUT2D eigenvalue weighted by molar-refractivity contribution is 7.95. The van der Waals surface area contributed by atoms with Crippen LogP contribution in [0.4, 0.5) is 6.01 Å². The van der Waals surface area contributed by atoms with Crippen molar-refractivity contribution in [2.45, 2.75) is 18.9 Å². The van der Waals surface area contributed by atoms with E-state index in [2.05, 4.69) is 20.2 Å². The molecule has 1 aliphatic heterocycles. The van der Waals surface area contributed by atoms with Gasteiger partial charge < -0.3 is 9.73 Å². The molecule has 2 heterocycles. The van der Waals surface area contributed by atoms with Crippen molar-refractivity contribution in [2.24, 2.45) is 0 Å². The smallest absolute Gasteiger partial charge is 0.329 e. The van der Waals surface area contributed by atoms with Crippen LogP contribution in [-0.4, -0.2) is 51.3 Å². The van der Waals surface area contributed by atoms with Crippen molar-refractivity contribution in [1.29, 1.82) is 0 Å². The maximum atomic E-state index is 11.7. The highest BCUT2D eigenvalue weighted by Gasteiger charge is 2.23. The summed E-state index contributed by atoms with van der Waals surface area (Å²) in [6.07, 6.45) is 2.81. The monoisotopic (exact) mass is 324 g/mol. The summed E-state index contributed by atoms with van der Waals surface area (Å²) >= 11 is 0. The second-order valence-electron chi connectivity index (χ2n) is 4.65. The van der Waals surface area contributed by atoms with Crippen LogP contribution in [0.1, 0.15) is 24.8 Å². The molecular formula is C9H16N4O5S2. The maximum absolute atomic E-state index is 11.7. The first-order valence-electron chi connectivity index (χ1n) is 6.00. The number of nitrogens with zero attached hydrogens (tertiary/aromatic N) is 2. The molecule has 114 valence electrons. The first-order chi connectivity index (χ1) is 9.25. The largest absolute Gasteiger partial charge is 0.406 e. The lowest BCUT2D eigenvalue weighted by atomic mass is 10.2. The van der Waals surface area contributed by atoms with E-state index in [9.17, 15) is 16.8 Å². The molecule has 1 aliphatic rings. The van der Waals surface area contributed by atoms with E-state index in [1.165, 1.54) is 0 Å². The molecule has 1 fully saturated rings. The van der Waals surface area contributed by atoms with Gasteiger partial charge in [-0.05, 0) is 19.4 Å². The molecule has 20 heavy (non-hydrogen) atoms. The number of nitrogens with one attached hydrogen (secondary N) is 2.